The number of carbonyl (C=O) groups excluding carboxylic acids is 1. The van der Waals surface area contributed by atoms with E-state index in [-0.39, 0.29) is 24.9 Å². The fourth-order valence-corrected chi connectivity index (χ4v) is 2.63. The molecule has 1 aliphatic rings. The minimum Gasteiger partial charge on any atom is -0.493 e. The summed E-state index contributed by atoms with van der Waals surface area (Å²) in [6, 6.07) is 3.32. The van der Waals surface area contributed by atoms with Crippen LogP contribution < -0.4 is 20.5 Å². The van der Waals surface area contributed by atoms with E-state index in [0.29, 0.717) is 28.8 Å². The van der Waals surface area contributed by atoms with Crippen molar-refractivity contribution < 1.29 is 28.6 Å². The van der Waals surface area contributed by atoms with Gasteiger partial charge in [-0.2, -0.15) is 4.98 Å². The minimum absolute atomic E-state index is 0.0337. The highest BCUT2D eigenvalue weighted by atomic mass is 16.5. The van der Waals surface area contributed by atoms with Gasteiger partial charge in [-0.1, -0.05) is 0 Å². The fraction of sp³-hybridized carbons (Fsp3) is 0.526. The summed E-state index contributed by atoms with van der Waals surface area (Å²) in [6.07, 6.45) is -9.21. The molecule has 0 spiro atoms. The fourth-order valence-electron chi connectivity index (χ4n) is 2.63. The topological polar surface area (TPSA) is 112 Å². The number of hydrogen-bond donors (Lipinski definition) is 2. The van der Waals surface area contributed by atoms with Crippen molar-refractivity contribution in [2.45, 2.75) is 25.2 Å². The SMILES string of the molecule is [2H]C1([2H])OC([2H])(C(=O)N(C)CCCNc2nc(N)c3cc(OC)c(OC)cc3n2)C([2H])([2H])C1([2H])[2H]. The number of hydrogen-bond acceptors (Lipinski definition) is 8. The Bertz CT molecular complexity index is 1140. The summed E-state index contributed by atoms with van der Waals surface area (Å²) in [5.74, 6) is 0.194. The van der Waals surface area contributed by atoms with Gasteiger partial charge in [-0.15, -0.1) is 0 Å². The van der Waals surface area contributed by atoms with Gasteiger partial charge in [0.1, 0.15) is 11.9 Å². The van der Waals surface area contributed by atoms with Crippen LogP contribution in [0, 0.1) is 0 Å². The normalized spacial score (nSPS) is 27.9. The minimum atomic E-state index is -3.23. The second-order valence-electron chi connectivity index (χ2n) is 5.95. The van der Waals surface area contributed by atoms with E-state index in [1.165, 1.54) is 21.3 Å². The number of ether oxygens (including phenoxy) is 3. The van der Waals surface area contributed by atoms with Gasteiger partial charge in [0, 0.05) is 43.6 Å². The Kier molecular flexibility index (Phi) is 4.02. The second-order valence-corrected chi connectivity index (χ2v) is 5.95. The molecule has 1 saturated heterocycles. The monoisotopic (exact) mass is 396 g/mol. The Labute approximate surface area is 174 Å². The summed E-state index contributed by atoms with van der Waals surface area (Å²) in [6.45, 7) is -2.85. The summed E-state index contributed by atoms with van der Waals surface area (Å²) in [5, 5.41) is 3.55. The van der Waals surface area contributed by atoms with Crippen LogP contribution in [0.4, 0.5) is 11.8 Å². The zero-order valence-corrected chi connectivity index (χ0v) is 15.8. The number of nitrogens with one attached hydrogen (secondary N) is 1. The number of carbonyl (C=O) groups is 1. The van der Waals surface area contributed by atoms with Crippen molar-refractivity contribution in [1.29, 1.82) is 0 Å². The number of nitrogen functional groups attached to an aromatic ring is 1. The van der Waals surface area contributed by atoms with Crippen LogP contribution in [0.3, 0.4) is 0 Å². The molecule has 1 aliphatic heterocycles. The van der Waals surface area contributed by atoms with Gasteiger partial charge in [0.25, 0.3) is 5.91 Å². The lowest BCUT2D eigenvalue weighted by Crippen LogP contribution is -2.37. The largest absolute Gasteiger partial charge is 0.493 e. The average Bonchev–Trinajstić information content (AvgIpc) is 2.88. The molecule has 1 amide bonds. The quantitative estimate of drug-likeness (QED) is 0.648. The number of aromatic nitrogens is 2. The first kappa shape index (κ1) is 12.6. The number of nitrogens with zero attached hydrogens (tertiary/aromatic N) is 3. The number of likely N-dealkylation sites (N-methyl/N-ethyl adjacent to an activating group) is 1. The number of anilines is 2. The van der Waals surface area contributed by atoms with E-state index >= 15 is 0 Å². The van der Waals surface area contributed by atoms with E-state index in [1.807, 2.05) is 0 Å². The lowest BCUT2D eigenvalue weighted by molar-refractivity contribution is -0.139. The van der Waals surface area contributed by atoms with Crippen LogP contribution in [0.5, 0.6) is 11.5 Å². The van der Waals surface area contributed by atoms with Crippen molar-refractivity contribution in [3.8, 4) is 11.5 Å². The van der Waals surface area contributed by atoms with Crippen LogP contribution in [0.2, 0.25) is 0 Å². The summed E-state index contributed by atoms with van der Waals surface area (Å²) >= 11 is 0. The molecule has 28 heavy (non-hydrogen) atoms. The van der Waals surface area contributed by atoms with Crippen molar-refractivity contribution in [1.82, 2.24) is 14.9 Å². The van der Waals surface area contributed by atoms with Crippen molar-refractivity contribution in [2.75, 3.05) is 52.0 Å². The molecule has 152 valence electrons. The zero-order valence-electron chi connectivity index (χ0n) is 22.8. The highest BCUT2D eigenvalue weighted by Crippen LogP contribution is 2.33. The Morgan fingerprint density at radius 2 is 2.18 bits per heavy atom. The predicted octanol–water partition coefficient (Wildman–Crippen LogP) is 1.67. The van der Waals surface area contributed by atoms with E-state index in [9.17, 15) is 4.79 Å². The van der Waals surface area contributed by atoms with E-state index < -0.39 is 31.3 Å². The van der Waals surface area contributed by atoms with E-state index in [2.05, 4.69) is 15.3 Å². The molecule has 9 nitrogen and oxygen atoms in total. The molecule has 2 heterocycles. The molecule has 1 aromatic carbocycles. The maximum absolute atomic E-state index is 12.8. The van der Waals surface area contributed by atoms with Crippen LogP contribution in [0.1, 0.15) is 28.8 Å². The molecule has 9 heteroatoms. The summed E-state index contributed by atoms with van der Waals surface area (Å²) in [5.41, 5.74) is 6.56. The van der Waals surface area contributed by atoms with Crippen LogP contribution >= 0.6 is 0 Å². The smallest absolute Gasteiger partial charge is 0.251 e. The first-order chi connectivity index (χ1) is 16.1. The summed E-state index contributed by atoms with van der Waals surface area (Å²) < 4.78 is 69.9. The highest BCUT2D eigenvalue weighted by molar-refractivity contribution is 5.91. The summed E-state index contributed by atoms with van der Waals surface area (Å²) in [7, 11) is 4.29. The van der Waals surface area contributed by atoms with Gasteiger partial charge in [0.2, 0.25) is 5.95 Å². The molecular formula is C19H27N5O4. The third-order valence-corrected chi connectivity index (χ3v) is 4.11. The maximum Gasteiger partial charge on any atom is 0.251 e. The lowest BCUT2D eigenvalue weighted by atomic mass is 10.2. The number of benzene rings is 1. The predicted molar refractivity (Wildman–Crippen MR) is 107 cm³/mol. The van der Waals surface area contributed by atoms with Gasteiger partial charge >= 0.3 is 0 Å². The number of fused-ring (bicyclic) bond motifs is 1. The van der Waals surface area contributed by atoms with Crippen LogP contribution in [-0.4, -0.2) is 67.8 Å². The van der Waals surface area contributed by atoms with Crippen LogP contribution in [0.25, 0.3) is 10.9 Å². The van der Waals surface area contributed by atoms with Crippen molar-refractivity contribution in [2.24, 2.45) is 0 Å². The average molecular weight is 396 g/mol. The summed E-state index contributed by atoms with van der Waals surface area (Å²) in [4.78, 5) is 22.4. The molecule has 0 bridgehead atoms. The van der Waals surface area contributed by atoms with Crippen molar-refractivity contribution in [3.63, 3.8) is 0 Å². The first-order valence-corrected chi connectivity index (χ1v) is 8.52. The lowest BCUT2D eigenvalue weighted by Gasteiger charge is -2.20. The number of rotatable bonds is 8. The standard InChI is InChI=1S/C19H27N5O4/c1-24(18(25)14-6-4-9-28-14)8-5-7-21-19-22-13-11-16(27-3)15(26-2)10-12(13)17(20)23-19/h10-11,14H,4-9H2,1-3H3,(H3,20,21,22,23)/i4D2,6D2,9D2,14D. The Morgan fingerprint density at radius 3 is 2.86 bits per heavy atom. The Morgan fingerprint density at radius 1 is 1.43 bits per heavy atom. The molecule has 1 aromatic heterocycles. The highest BCUT2D eigenvalue weighted by Gasteiger charge is 2.26. The van der Waals surface area contributed by atoms with Gasteiger partial charge in [0.15, 0.2) is 11.5 Å². The van der Waals surface area contributed by atoms with Gasteiger partial charge in [-0.05, 0) is 25.2 Å². The Balaban J connectivity index is 1.65. The molecule has 1 fully saturated rings. The Hall–Kier alpha value is -2.81. The number of methoxy groups -OCH3 is 2. The molecule has 0 aliphatic carbocycles. The van der Waals surface area contributed by atoms with Crippen molar-refractivity contribution in [3.05, 3.63) is 12.1 Å². The molecule has 0 radical (unpaired) electrons. The first-order valence-electron chi connectivity index (χ1n) is 12.0. The van der Waals surface area contributed by atoms with Gasteiger partial charge in [0.05, 0.1) is 23.8 Å². The van der Waals surface area contributed by atoms with Gasteiger partial charge in [-0.25, -0.2) is 4.98 Å². The third kappa shape index (κ3) is 4.36. The van der Waals surface area contributed by atoms with Gasteiger partial charge < -0.3 is 30.2 Å². The van der Waals surface area contributed by atoms with E-state index in [4.69, 9.17) is 29.5 Å². The molecule has 3 rings (SSSR count). The van der Waals surface area contributed by atoms with Crippen LogP contribution in [0.15, 0.2) is 12.1 Å². The molecular weight excluding hydrogens is 362 g/mol. The van der Waals surface area contributed by atoms with E-state index in [0.717, 1.165) is 4.90 Å². The third-order valence-electron chi connectivity index (χ3n) is 4.11. The molecule has 1 atom stereocenters. The second kappa shape index (κ2) is 8.92. The number of nitrogens with two attached hydrogens (primary N) is 1. The van der Waals surface area contributed by atoms with Crippen molar-refractivity contribution >= 4 is 28.6 Å². The molecule has 0 saturated carbocycles. The molecule has 2 aromatic rings. The maximum atomic E-state index is 12.8. The zero-order chi connectivity index (χ0) is 26.4. The molecule has 1 unspecified atom stereocenters. The number of amides is 1. The molecule has 3 N–H and O–H groups in total. The van der Waals surface area contributed by atoms with Gasteiger partial charge in [-0.3, -0.25) is 4.79 Å². The van der Waals surface area contributed by atoms with E-state index in [1.54, 1.807) is 12.1 Å². The van der Waals surface area contributed by atoms with Crippen LogP contribution in [-0.2, 0) is 9.53 Å².